The minimum absolute atomic E-state index is 0.373. The summed E-state index contributed by atoms with van der Waals surface area (Å²) in [7, 11) is 0. The normalized spacial score (nSPS) is 11.3. The Bertz CT molecular complexity index is 747. The molecule has 2 heterocycles. The third-order valence-electron chi connectivity index (χ3n) is 3.80. The van der Waals surface area contributed by atoms with Crippen LogP contribution in [0.3, 0.4) is 0 Å². The van der Waals surface area contributed by atoms with Gasteiger partial charge in [0.1, 0.15) is 12.1 Å². The molecule has 3 rings (SSSR count). The summed E-state index contributed by atoms with van der Waals surface area (Å²) in [5.74, 6) is 1.02. The van der Waals surface area contributed by atoms with E-state index in [4.69, 9.17) is 0 Å². The van der Waals surface area contributed by atoms with Crippen LogP contribution < -0.4 is 4.90 Å². The highest BCUT2D eigenvalue weighted by Crippen LogP contribution is 2.27. The summed E-state index contributed by atoms with van der Waals surface area (Å²) in [6, 6.07) is 6.59. The van der Waals surface area contributed by atoms with Gasteiger partial charge in [-0.05, 0) is 32.4 Å². The van der Waals surface area contributed by atoms with Crippen LogP contribution in [0, 0.1) is 6.92 Å². The van der Waals surface area contributed by atoms with Gasteiger partial charge in [-0.3, -0.25) is 0 Å². The quantitative estimate of drug-likeness (QED) is 0.717. The summed E-state index contributed by atoms with van der Waals surface area (Å²) in [6.07, 6.45) is 4.47. The number of thiazole rings is 1. The zero-order valence-corrected chi connectivity index (χ0v) is 14.0. The Morgan fingerprint density at radius 1 is 1.18 bits per heavy atom. The van der Waals surface area contributed by atoms with Crippen LogP contribution in [0.15, 0.2) is 36.1 Å². The molecular formula is C17H20N4S. The van der Waals surface area contributed by atoms with E-state index in [9.17, 15) is 0 Å². The molecule has 1 aromatic carbocycles. The third kappa shape index (κ3) is 2.95. The lowest BCUT2D eigenvalue weighted by Crippen LogP contribution is -2.33. The molecule has 0 unspecified atom stereocenters. The number of nitrogens with zero attached hydrogens (tertiary/aromatic N) is 4. The van der Waals surface area contributed by atoms with Crippen molar-refractivity contribution in [2.24, 2.45) is 0 Å². The highest BCUT2D eigenvalue weighted by Gasteiger charge is 2.17. The van der Waals surface area contributed by atoms with Gasteiger partial charge in [-0.1, -0.05) is 12.1 Å². The maximum Gasteiger partial charge on any atom is 0.140 e. The molecule has 0 aliphatic rings. The second-order valence-electron chi connectivity index (χ2n) is 5.63. The average Bonchev–Trinajstić information content (AvgIpc) is 3.01. The number of hydrogen-bond donors (Lipinski definition) is 0. The zero-order valence-electron chi connectivity index (χ0n) is 13.2. The zero-order chi connectivity index (χ0) is 15.5. The Morgan fingerprint density at radius 2 is 2.05 bits per heavy atom. The van der Waals surface area contributed by atoms with E-state index in [1.54, 1.807) is 17.7 Å². The molecule has 2 aromatic heterocycles. The van der Waals surface area contributed by atoms with Gasteiger partial charge in [-0.25, -0.2) is 15.0 Å². The Morgan fingerprint density at radius 3 is 2.77 bits per heavy atom. The first-order chi connectivity index (χ1) is 10.7. The smallest absolute Gasteiger partial charge is 0.140 e. The molecule has 0 aliphatic heterocycles. The van der Waals surface area contributed by atoms with Gasteiger partial charge in [0.15, 0.2) is 0 Å². The molecule has 0 bridgehead atoms. The number of aromatic nitrogens is 3. The van der Waals surface area contributed by atoms with Gasteiger partial charge >= 0.3 is 0 Å². The molecule has 0 spiro atoms. The summed E-state index contributed by atoms with van der Waals surface area (Å²) in [6.45, 7) is 7.43. The maximum absolute atomic E-state index is 4.59. The Hall–Kier alpha value is -2.01. The molecular weight excluding hydrogens is 292 g/mol. The van der Waals surface area contributed by atoms with Crippen molar-refractivity contribution in [3.8, 4) is 0 Å². The van der Waals surface area contributed by atoms with Gasteiger partial charge in [0, 0.05) is 36.0 Å². The first-order valence-corrected chi connectivity index (χ1v) is 8.40. The largest absolute Gasteiger partial charge is 0.353 e. The molecule has 0 N–H and O–H groups in total. The Labute approximate surface area is 134 Å². The van der Waals surface area contributed by atoms with E-state index >= 15 is 0 Å². The van der Waals surface area contributed by atoms with Crippen LogP contribution in [0.4, 0.5) is 5.82 Å². The number of rotatable bonds is 5. The average molecular weight is 312 g/mol. The van der Waals surface area contributed by atoms with Crippen molar-refractivity contribution in [1.29, 1.82) is 0 Å². The van der Waals surface area contributed by atoms with Crippen molar-refractivity contribution in [3.05, 3.63) is 46.7 Å². The third-order valence-corrected chi connectivity index (χ3v) is 4.64. The van der Waals surface area contributed by atoms with E-state index in [-0.39, 0.29) is 0 Å². The molecule has 0 atom stereocenters. The van der Waals surface area contributed by atoms with Crippen LogP contribution in [0.1, 0.15) is 24.4 Å². The van der Waals surface area contributed by atoms with Crippen molar-refractivity contribution in [1.82, 2.24) is 15.0 Å². The number of benzene rings is 1. The SMILES string of the molecule is Cc1cccc2ncnc(N(CCc3nccs3)C(C)C)c12. The first kappa shape index (κ1) is 14.9. The summed E-state index contributed by atoms with van der Waals surface area (Å²) >= 11 is 1.71. The number of anilines is 1. The van der Waals surface area contributed by atoms with Crippen molar-refractivity contribution >= 4 is 28.1 Å². The molecule has 3 aromatic rings. The lowest BCUT2D eigenvalue weighted by molar-refractivity contribution is 0.670. The van der Waals surface area contributed by atoms with Gasteiger partial charge in [0.25, 0.3) is 0 Å². The predicted molar refractivity (Wildman–Crippen MR) is 92.6 cm³/mol. The van der Waals surface area contributed by atoms with Gasteiger partial charge in [-0.15, -0.1) is 11.3 Å². The molecule has 0 saturated heterocycles. The molecule has 5 heteroatoms. The highest BCUT2D eigenvalue weighted by atomic mass is 32.1. The summed E-state index contributed by atoms with van der Waals surface area (Å²) < 4.78 is 0. The lowest BCUT2D eigenvalue weighted by atomic mass is 10.1. The Kier molecular flexibility index (Phi) is 4.34. The van der Waals surface area contributed by atoms with Crippen molar-refractivity contribution in [2.75, 3.05) is 11.4 Å². The molecule has 0 amide bonds. The molecule has 0 radical (unpaired) electrons. The number of fused-ring (bicyclic) bond motifs is 1. The second-order valence-corrected chi connectivity index (χ2v) is 6.61. The van der Waals surface area contributed by atoms with Crippen LogP contribution in [0.5, 0.6) is 0 Å². The lowest BCUT2D eigenvalue weighted by Gasteiger charge is -2.29. The fourth-order valence-electron chi connectivity index (χ4n) is 2.68. The standard InChI is InChI=1S/C17H20N4S/c1-12(2)21(9-7-15-18-8-10-22-15)17-16-13(3)5-4-6-14(16)19-11-20-17/h4-6,8,10-12H,7,9H2,1-3H3. The first-order valence-electron chi connectivity index (χ1n) is 7.52. The van der Waals surface area contributed by atoms with Crippen LogP contribution in [0.2, 0.25) is 0 Å². The van der Waals surface area contributed by atoms with Gasteiger partial charge in [-0.2, -0.15) is 0 Å². The summed E-state index contributed by atoms with van der Waals surface area (Å²) in [4.78, 5) is 15.7. The van der Waals surface area contributed by atoms with Gasteiger partial charge < -0.3 is 4.90 Å². The Balaban J connectivity index is 1.98. The molecule has 0 saturated carbocycles. The fraction of sp³-hybridized carbons (Fsp3) is 0.353. The van der Waals surface area contributed by atoms with E-state index in [2.05, 4.69) is 46.7 Å². The van der Waals surface area contributed by atoms with Crippen molar-refractivity contribution in [2.45, 2.75) is 33.2 Å². The number of hydrogen-bond acceptors (Lipinski definition) is 5. The van der Waals surface area contributed by atoms with E-state index in [1.165, 1.54) is 10.6 Å². The predicted octanol–water partition coefficient (Wildman–Crippen LogP) is 3.85. The van der Waals surface area contributed by atoms with Crippen LogP contribution in [0.25, 0.3) is 10.9 Å². The van der Waals surface area contributed by atoms with Crippen LogP contribution in [-0.4, -0.2) is 27.5 Å². The monoisotopic (exact) mass is 312 g/mol. The van der Waals surface area contributed by atoms with Crippen molar-refractivity contribution in [3.63, 3.8) is 0 Å². The topological polar surface area (TPSA) is 41.9 Å². The van der Waals surface area contributed by atoms with E-state index in [0.717, 1.165) is 29.7 Å². The van der Waals surface area contributed by atoms with Gasteiger partial charge in [0.05, 0.1) is 10.5 Å². The molecule has 22 heavy (non-hydrogen) atoms. The fourth-order valence-corrected chi connectivity index (χ4v) is 3.29. The summed E-state index contributed by atoms with van der Waals surface area (Å²) in [5, 5.41) is 4.35. The molecule has 0 aliphatic carbocycles. The highest BCUT2D eigenvalue weighted by molar-refractivity contribution is 7.09. The van der Waals surface area contributed by atoms with E-state index in [1.807, 2.05) is 23.7 Å². The minimum atomic E-state index is 0.373. The number of aryl methyl sites for hydroxylation is 1. The molecule has 0 fully saturated rings. The summed E-state index contributed by atoms with van der Waals surface area (Å²) in [5.41, 5.74) is 2.22. The van der Waals surface area contributed by atoms with Crippen LogP contribution in [-0.2, 0) is 6.42 Å². The maximum atomic E-state index is 4.59. The van der Waals surface area contributed by atoms with Crippen molar-refractivity contribution < 1.29 is 0 Å². The molecule has 114 valence electrons. The van der Waals surface area contributed by atoms with Crippen LogP contribution >= 0.6 is 11.3 Å². The van der Waals surface area contributed by atoms with E-state index in [0.29, 0.717) is 6.04 Å². The molecule has 4 nitrogen and oxygen atoms in total. The minimum Gasteiger partial charge on any atom is -0.353 e. The second kappa shape index (κ2) is 6.40. The van der Waals surface area contributed by atoms with Gasteiger partial charge in [0.2, 0.25) is 0 Å². The van der Waals surface area contributed by atoms with E-state index < -0.39 is 0 Å².